The topological polar surface area (TPSA) is 96.6 Å². The molecule has 0 radical (unpaired) electrons. The minimum absolute atomic E-state index is 0.0456. The maximum Gasteiger partial charge on any atom is 0.269 e. The lowest BCUT2D eigenvalue weighted by molar-refractivity contribution is -0.384. The van der Waals surface area contributed by atoms with Crippen molar-refractivity contribution in [3.8, 4) is 0 Å². The highest BCUT2D eigenvalue weighted by Crippen LogP contribution is 2.15. The van der Waals surface area contributed by atoms with Crippen molar-refractivity contribution >= 4 is 23.1 Å². The Hall–Kier alpha value is -3.22. The number of nitro benzene ring substituents is 1. The molecule has 0 aromatic heterocycles. The molecule has 23 heavy (non-hydrogen) atoms. The fourth-order valence-electron chi connectivity index (χ4n) is 2.24. The van der Waals surface area contributed by atoms with Crippen molar-refractivity contribution in [2.75, 3.05) is 18.4 Å². The second-order valence-electron chi connectivity index (χ2n) is 4.99. The molecule has 1 aliphatic rings. The van der Waals surface area contributed by atoms with Crippen molar-refractivity contribution < 1.29 is 9.72 Å². The van der Waals surface area contributed by atoms with Crippen LogP contribution in [0.5, 0.6) is 0 Å². The largest absolute Gasteiger partial charge is 0.368 e. The van der Waals surface area contributed by atoms with E-state index in [4.69, 9.17) is 0 Å². The molecule has 0 saturated heterocycles. The minimum Gasteiger partial charge on any atom is -0.368 e. The number of benzene rings is 2. The van der Waals surface area contributed by atoms with E-state index in [1.54, 1.807) is 12.1 Å². The molecule has 0 fully saturated rings. The maximum absolute atomic E-state index is 12.1. The average molecular weight is 310 g/mol. The molecular formula is C16H14N4O3. The Kier molecular flexibility index (Phi) is 4.01. The summed E-state index contributed by atoms with van der Waals surface area (Å²) in [6.45, 7) is 1.61. The third kappa shape index (κ3) is 3.34. The number of nitro groups is 1. The molecular weight excluding hydrogens is 296 g/mol. The van der Waals surface area contributed by atoms with E-state index in [-0.39, 0.29) is 11.6 Å². The van der Waals surface area contributed by atoms with Crippen LogP contribution in [0.15, 0.2) is 53.5 Å². The van der Waals surface area contributed by atoms with Gasteiger partial charge in [-0.3, -0.25) is 19.9 Å². The van der Waals surface area contributed by atoms with Gasteiger partial charge in [0.2, 0.25) is 0 Å². The lowest BCUT2D eigenvalue weighted by atomic mass is 10.1. The first-order valence-electron chi connectivity index (χ1n) is 7.08. The molecule has 0 spiro atoms. The van der Waals surface area contributed by atoms with Gasteiger partial charge in [0, 0.05) is 35.5 Å². The lowest BCUT2D eigenvalue weighted by Crippen LogP contribution is -2.19. The Bertz CT molecular complexity index is 767. The monoisotopic (exact) mass is 310 g/mol. The molecule has 116 valence electrons. The number of rotatable bonds is 4. The van der Waals surface area contributed by atoms with Crippen LogP contribution in [0.25, 0.3) is 0 Å². The first-order chi connectivity index (χ1) is 11.1. The van der Waals surface area contributed by atoms with Gasteiger partial charge < -0.3 is 10.6 Å². The SMILES string of the molecule is O=C(Nc1ccc(C2=NCCN2)cc1)c1ccc([N+](=O)[O-])cc1. The van der Waals surface area contributed by atoms with E-state index in [0.717, 1.165) is 24.5 Å². The number of nitrogens with zero attached hydrogens (tertiary/aromatic N) is 2. The molecule has 1 heterocycles. The smallest absolute Gasteiger partial charge is 0.269 e. The Labute approximate surface area is 132 Å². The molecule has 0 atom stereocenters. The number of carbonyl (C=O) groups is 1. The predicted octanol–water partition coefficient (Wildman–Crippen LogP) is 2.20. The molecule has 7 nitrogen and oxygen atoms in total. The zero-order chi connectivity index (χ0) is 16.2. The summed E-state index contributed by atoms with van der Waals surface area (Å²) in [5, 5.41) is 16.5. The van der Waals surface area contributed by atoms with E-state index in [9.17, 15) is 14.9 Å². The minimum atomic E-state index is -0.500. The summed E-state index contributed by atoms with van der Waals surface area (Å²) in [7, 11) is 0. The third-order valence-electron chi connectivity index (χ3n) is 3.43. The van der Waals surface area contributed by atoms with Gasteiger partial charge in [0.05, 0.1) is 11.5 Å². The number of hydrogen-bond acceptors (Lipinski definition) is 5. The zero-order valence-electron chi connectivity index (χ0n) is 12.2. The van der Waals surface area contributed by atoms with Gasteiger partial charge in [0.25, 0.3) is 11.6 Å². The summed E-state index contributed by atoms with van der Waals surface area (Å²) in [4.78, 5) is 26.6. The summed E-state index contributed by atoms with van der Waals surface area (Å²) >= 11 is 0. The second kappa shape index (κ2) is 6.27. The molecule has 2 aromatic carbocycles. The van der Waals surface area contributed by atoms with Gasteiger partial charge in [-0.25, -0.2) is 0 Å². The summed E-state index contributed by atoms with van der Waals surface area (Å²) in [6.07, 6.45) is 0. The van der Waals surface area contributed by atoms with E-state index in [1.165, 1.54) is 24.3 Å². The highest BCUT2D eigenvalue weighted by molar-refractivity contribution is 6.05. The van der Waals surface area contributed by atoms with Crippen molar-refractivity contribution in [1.82, 2.24) is 5.32 Å². The highest BCUT2D eigenvalue weighted by Gasteiger charge is 2.11. The Morgan fingerprint density at radius 1 is 1.13 bits per heavy atom. The Balaban J connectivity index is 1.68. The second-order valence-corrected chi connectivity index (χ2v) is 4.99. The molecule has 2 N–H and O–H groups in total. The summed E-state index contributed by atoms with van der Waals surface area (Å²) < 4.78 is 0. The van der Waals surface area contributed by atoms with Crippen molar-refractivity contribution in [3.05, 3.63) is 69.8 Å². The summed E-state index contributed by atoms with van der Waals surface area (Å²) in [6, 6.07) is 12.8. The number of amides is 1. The van der Waals surface area contributed by atoms with Crippen LogP contribution in [-0.4, -0.2) is 29.8 Å². The molecule has 0 aliphatic carbocycles. The Morgan fingerprint density at radius 2 is 1.83 bits per heavy atom. The molecule has 3 rings (SSSR count). The fraction of sp³-hybridized carbons (Fsp3) is 0.125. The van der Waals surface area contributed by atoms with Crippen LogP contribution < -0.4 is 10.6 Å². The van der Waals surface area contributed by atoms with Gasteiger partial charge in [-0.15, -0.1) is 0 Å². The number of non-ortho nitro benzene ring substituents is 1. The molecule has 7 heteroatoms. The van der Waals surface area contributed by atoms with E-state index in [2.05, 4.69) is 15.6 Å². The van der Waals surface area contributed by atoms with Crippen molar-refractivity contribution in [2.24, 2.45) is 4.99 Å². The fourth-order valence-corrected chi connectivity index (χ4v) is 2.24. The number of anilines is 1. The van der Waals surface area contributed by atoms with E-state index in [1.807, 2.05) is 12.1 Å². The maximum atomic E-state index is 12.1. The number of amidine groups is 1. The molecule has 1 aliphatic heterocycles. The van der Waals surface area contributed by atoms with Gasteiger partial charge in [-0.1, -0.05) is 0 Å². The van der Waals surface area contributed by atoms with E-state index < -0.39 is 4.92 Å². The number of hydrogen-bond donors (Lipinski definition) is 2. The number of carbonyl (C=O) groups excluding carboxylic acids is 1. The summed E-state index contributed by atoms with van der Waals surface area (Å²) in [5.74, 6) is 0.544. The Morgan fingerprint density at radius 3 is 2.39 bits per heavy atom. The molecule has 0 unspecified atom stereocenters. The molecule has 2 aromatic rings. The first-order valence-corrected chi connectivity index (χ1v) is 7.08. The van der Waals surface area contributed by atoms with E-state index >= 15 is 0 Å². The third-order valence-corrected chi connectivity index (χ3v) is 3.43. The van der Waals surface area contributed by atoms with Crippen LogP contribution in [0, 0.1) is 10.1 Å². The van der Waals surface area contributed by atoms with Crippen LogP contribution in [0.3, 0.4) is 0 Å². The van der Waals surface area contributed by atoms with Crippen LogP contribution in [0.1, 0.15) is 15.9 Å². The summed E-state index contributed by atoms with van der Waals surface area (Å²) in [5.41, 5.74) is 1.93. The van der Waals surface area contributed by atoms with Gasteiger partial charge in [0.15, 0.2) is 0 Å². The van der Waals surface area contributed by atoms with Crippen LogP contribution in [-0.2, 0) is 0 Å². The van der Waals surface area contributed by atoms with Crippen molar-refractivity contribution in [1.29, 1.82) is 0 Å². The standard InChI is InChI=1S/C16H14N4O3/c21-16(12-3-7-14(8-4-12)20(22)23)19-13-5-1-11(2-6-13)15-17-9-10-18-15/h1-8H,9-10H2,(H,17,18)(H,19,21). The number of nitrogens with one attached hydrogen (secondary N) is 2. The lowest BCUT2D eigenvalue weighted by Gasteiger charge is -2.07. The van der Waals surface area contributed by atoms with Crippen molar-refractivity contribution in [3.63, 3.8) is 0 Å². The molecule has 0 saturated carbocycles. The predicted molar refractivity (Wildman–Crippen MR) is 86.9 cm³/mol. The van der Waals surface area contributed by atoms with Gasteiger partial charge in [-0.2, -0.15) is 0 Å². The van der Waals surface area contributed by atoms with Gasteiger partial charge >= 0.3 is 0 Å². The molecule has 1 amide bonds. The van der Waals surface area contributed by atoms with Crippen LogP contribution in [0.4, 0.5) is 11.4 Å². The van der Waals surface area contributed by atoms with Gasteiger partial charge in [-0.05, 0) is 36.4 Å². The zero-order valence-corrected chi connectivity index (χ0v) is 12.2. The quantitative estimate of drug-likeness (QED) is 0.668. The van der Waals surface area contributed by atoms with Gasteiger partial charge in [0.1, 0.15) is 5.84 Å². The number of aliphatic imine (C=N–C) groups is 1. The highest BCUT2D eigenvalue weighted by atomic mass is 16.6. The van der Waals surface area contributed by atoms with Crippen molar-refractivity contribution in [2.45, 2.75) is 0 Å². The average Bonchev–Trinajstić information content (AvgIpc) is 3.10. The van der Waals surface area contributed by atoms with Crippen LogP contribution >= 0.6 is 0 Å². The van der Waals surface area contributed by atoms with E-state index in [0.29, 0.717) is 11.3 Å². The molecule has 0 bridgehead atoms. The normalized spacial score (nSPS) is 13.1. The van der Waals surface area contributed by atoms with Crippen LogP contribution in [0.2, 0.25) is 0 Å². The first kappa shape index (κ1) is 14.7.